The van der Waals surface area contributed by atoms with E-state index in [2.05, 4.69) is 25.5 Å². The van der Waals surface area contributed by atoms with Crippen molar-refractivity contribution < 1.29 is 23.4 Å². The molecular weight excluding hydrogens is 620 g/mol. The minimum atomic E-state index is -0.597. The topological polar surface area (TPSA) is 129 Å². The molecule has 12 heteroatoms. The number of carbonyl (C=O) groups excluding carboxylic acids is 1. The summed E-state index contributed by atoms with van der Waals surface area (Å²) in [6.07, 6.45) is 6.59. The van der Waals surface area contributed by atoms with Crippen molar-refractivity contribution in [1.82, 2.24) is 24.4 Å². The zero-order valence-corrected chi connectivity index (χ0v) is 27.2. The van der Waals surface area contributed by atoms with Crippen molar-refractivity contribution in [3.05, 3.63) is 101 Å². The van der Waals surface area contributed by atoms with Crippen LogP contribution in [-0.2, 0) is 24.4 Å². The third kappa shape index (κ3) is 8.09. The van der Waals surface area contributed by atoms with Gasteiger partial charge in [0.05, 0.1) is 40.6 Å². The summed E-state index contributed by atoms with van der Waals surface area (Å²) in [5.41, 5.74) is 2.54. The number of hydrogen-bond donors (Lipinski definition) is 0. The lowest BCUT2D eigenvalue weighted by atomic mass is 10.1. The molecule has 242 valence electrons. The van der Waals surface area contributed by atoms with Crippen LogP contribution in [0.15, 0.2) is 71.6 Å². The molecule has 1 aliphatic rings. The van der Waals surface area contributed by atoms with Gasteiger partial charge < -0.3 is 23.2 Å². The molecule has 0 radical (unpaired) electrons. The molecule has 1 aliphatic heterocycles. The third-order valence-electron chi connectivity index (χ3n) is 7.67. The Morgan fingerprint density at radius 3 is 2.64 bits per heavy atom. The van der Waals surface area contributed by atoms with E-state index in [0.717, 1.165) is 48.5 Å². The number of nitrogens with zero attached hydrogens (tertiary/aromatic N) is 6. The molecule has 0 aliphatic carbocycles. The van der Waals surface area contributed by atoms with Crippen molar-refractivity contribution in [2.45, 2.75) is 65.0 Å². The molecule has 0 atom stereocenters. The number of imidazole rings is 1. The van der Waals surface area contributed by atoms with E-state index in [0.29, 0.717) is 46.6 Å². The number of rotatable bonds is 10. The zero-order chi connectivity index (χ0) is 33.0. The van der Waals surface area contributed by atoms with Gasteiger partial charge in [-0.3, -0.25) is 9.88 Å². The predicted molar refractivity (Wildman–Crippen MR) is 174 cm³/mol. The van der Waals surface area contributed by atoms with Gasteiger partial charge in [-0.1, -0.05) is 11.6 Å². The quantitative estimate of drug-likeness (QED) is 0.152. The molecule has 0 N–H and O–H groups in total. The SMILES string of the molecule is CC(C)(C)OC(=O)c1ccc2nc(CN3CCC(Oc4ccnc(COc5ccc(Cl)cc5C#N)c4)CC3)n(Cc3ncco3)c2c1. The van der Waals surface area contributed by atoms with Gasteiger partial charge in [0.2, 0.25) is 5.89 Å². The molecule has 0 bridgehead atoms. The monoisotopic (exact) mass is 654 g/mol. The summed E-state index contributed by atoms with van der Waals surface area (Å²) < 4.78 is 25.4. The van der Waals surface area contributed by atoms with Gasteiger partial charge in [-0.25, -0.2) is 14.8 Å². The average Bonchev–Trinajstić information content (AvgIpc) is 3.68. The molecule has 0 unspecified atom stereocenters. The number of oxazole rings is 1. The summed E-state index contributed by atoms with van der Waals surface area (Å²) in [4.78, 5) is 28.8. The minimum absolute atomic E-state index is 0.0476. The molecule has 6 rings (SSSR count). The zero-order valence-electron chi connectivity index (χ0n) is 26.5. The molecule has 0 amide bonds. The van der Waals surface area contributed by atoms with Crippen LogP contribution >= 0.6 is 11.6 Å². The van der Waals surface area contributed by atoms with Crippen LogP contribution in [0.1, 0.15) is 66.9 Å². The van der Waals surface area contributed by atoms with Gasteiger partial charge in [-0.15, -0.1) is 0 Å². The smallest absolute Gasteiger partial charge is 0.338 e. The fourth-order valence-electron chi connectivity index (χ4n) is 5.45. The molecule has 3 aromatic heterocycles. The lowest BCUT2D eigenvalue weighted by Gasteiger charge is -2.32. The number of pyridine rings is 1. The van der Waals surface area contributed by atoms with Gasteiger partial charge in [-0.2, -0.15) is 5.26 Å². The van der Waals surface area contributed by atoms with E-state index in [9.17, 15) is 10.1 Å². The Kier molecular flexibility index (Phi) is 9.43. The van der Waals surface area contributed by atoms with Crippen LogP contribution in [-0.4, -0.2) is 55.2 Å². The molecule has 5 aromatic rings. The van der Waals surface area contributed by atoms with E-state index in [4.69, 9.17) is 35.2 Å². The number of halogens is 1. The first kappa shape index (κ1) is 32.0. The summed E-state index contributed by atoms with van der Waals surface area (Å²) >= 11 is 5.99. The van der Waals surface area contributed by atoms with Crippen LogP contribution in [0, 0.1) is 11.3 Å². The summed E-state index contributed by atoms with van der Waals surface area (Å²) in [6.45, 7) is 8.40. The van der Waals surface area contributed by atoms with Crippen molar-refractivity contribution in [1.29, 1.82) is 5.26 Å². The second-order valence-corrected chi connectivity index (χ2v) is 12.8. The van der Waals surface area contributed by atoms with Crippen molar-refractivity contribution in [3.63, 3.8) is 0 Å². The minimum Gasteiger partial charge on any atom is -0.490 e. The Hall–Kier alpha value is -4.92. The lowest BCUT2D eigenvalue weighted by Crippen LogP contribution is -2.38. The van der Waals surface area contributed by atoms with Crippen molar-refractivity contribution in [2.24, 2.45) is 0 Å². The highest BCUT2D eigenvalue weighted by molar-refractivity contribution is 6.30. The van der Waals surface area contributed by atoms with Gasteiger partial charge in [0.1, 0.15) is 54.5 Å². The Morgan fingerprint density at radius 2 is 1.89 bits per heavy atom. The summed E-state index contributed by atoms with van der Waals surface area (Å²) in [6, 6.07) is 16.2. The van der Waals surface area contributed by atoms with Crippen LogP contribution in [0.3, 0.4) is 0 Å². The molecule has 2 aromatic carbocycles. The fraction of sp³-hybridized carbons (Fsp3) is 0.343. The molecule has 0 saturated carbocycles. The highest BCUT2D eigenvalue weighted by Gasteiger charge is 2.24. The second-order valence-electron chi connectivity index (χ2n) is 12.4. The fourth-order valence-corrected chi connectivity index (χ4v) is 5.63. The molecule has 11 nitrogen and oxygen atoms in total. The lowest BCUT2D eigenvalue weighted by molar-refractivity contribution is 0.00696. The van der Waals surface area contributed by atoms with Crippen LogP contribution in [0.2, 0.25) is 5.02 Å². The van der Waals surface area contributed by atoms with E-state index in [1.165, 1.54) is 0 Å². The number of ether oxygens (including phenoxy) is 3. The van der Waals surface area contributed by atoms with Gasteiger partial charge in [0.15, 0.2) is 0 Å². The number of carbonyl (C=O) groups is 1. The van der Waals surface area contributed by atoms with Crippen molar-refractivity contribution >= 4 is 28.6 Å². The number of benzene rings is 2. The predicted octanol–water partition coefficient (Wildman–Crippen LogP) is 6.57. The van der Waals surface area contributed by atoms with Crippen molar-refractivity contribution in [2.75, 3.05) is 13.1 Å². The Morgan fingerprint density at radius 1 is 1.06 bits per heavy atom. The highest BCUT2D eigenvalue weighted by Crippen LogP contribution is 2.26. The number of piperidine rings is 1. The normalized spacial score (nSPS) is 14.2. The average molecular weight is 655 g/mol. The van der Waals surface area contributed by atoms with Gasteiger partial charge in [0, 0.05) is 30.4 Å². The van der Waals surface area contributed by atoms with E-state index in [1.807, 2.05) is 45.0 Å². The number of likely N-dealkylation sites (tertiary alicyclic amines) is 1. The maximum absolute atomic E-state index is 12.8. The van der Waals surface area contributed by atoms with Crippen LogP contribution in [0.25, 0.3) is 11.0 Å². The molecular formula is C35H35ClN6O5. The Balaban J connectivity index is 1.10. The summed E-state index contributed by atoms with van der Waals surface area (Å²) in [7, 11) is 0. The standard InChI is InChI=1S/C35H35ClN6O5/c1-35(2,3)47-34(43)23-4-6-29-30(17-23)42(21-33-39-12-15-44-33)32(40-29)20-41-13-9-27(10-14-41)46-28-8-11-38-26(18-28)22-45-31-7-5-25(36)16-24(31)19-37/h4-8,11-12,15-18,27H,9-10,13-14,20-22H2,1-3H3. The molecule has 1 fully saturated rings. The van der Waals surface area contributed by atoms with Gasteiger partial charge in [-0.05, 0) is 76.1 Å². The summed E-state index contributed by atoms with van der Waals surface area (Å²) in [5.74, 6) is 2.21. The second kappa shape index (κ2) is 13.8. The van der Waals surface area contributed by atoms with Crippen LogP contribution < -0.4 is 9.47 Å². The summed E-state index contributed by atoms with van der Waals surface area (Å²) in [5, 5.41) is 9.85. The number of esters is 1. The van der Waals surface area contributed by atoms with E-state index in [-0.39, 0.29) is 18.7 Å². The Labute approximate surface area is 277 Å². The molecule has 4 heterocycles. The molecule has 47 heavy (non-hydrogen) atoms. The first-order valence-corrected chi connectivity index (χ1v) is 15.8. The van der Waals surface area contributed by atoms with Gasteiger partial charge >= 0.3 is 5.97 Å². The largest absolute Gasteiger partial charge is 0.490 e. The molecule has 0 spiro atoms. The molecule has 1 saturated heterocycles. The van der Waals surface area contributed by atoms with Gasteiger partial charge in [0.25, 0.3) is 0 Å². The highest BCUT2D eigenvalue weighted by atomic mass is 35.5. The van der Waals surface area contributed by atoms with E-state index in [1.54, 1.807) is 42.9 Å². The number of hydrogen-bond acceptors (Lipinski definition) is 10. The van der Waals surface area contributed by atoms with Crippen LogP contribution in [0.5, 0.6) is 11.5 Å². The van der Waals surface area contributed by atoms with Crippen molar-refractivity contribution in [3.8, 4) is 17.6 Å². The Bertz CT molecular complexity index is 1900. The first-order chi connectivity index (χ1) is 22.6. The van der Waals surface area contributed by atoms with Crippen LogP contribution in [0.4, 0.5) is 0 Å². The number of fused-ring (bicyclic) bond motifs is 1. The maximum atomic E-state index is 12.8. The maximum Gasteiger partial charge on any atom is 0.338 e. The number of nitriles is 1. The third-order valence-corrected chi connectivity index (χ3v) is 7.90. The van der Waals surface area contributed by atoms with E-state index < -0.39 is 5.60 Å². The number of aromatic nitrogens is 4. The first-order valence-electron chi connectivity index (χ1n) is 15.4. The van der Waals surface area contributed by atoms with E-state index >= 15 is 0 Å².